The van der Waals surface area contributed by atoms with Gasteiger partial charge in [-0.1, -0.05) is 20.8 Å². The highest BCUT2D eigenvalue weighted by atomic mass is 79.9. The molecule has 17 heavy (non-hydrogen) atoms. The van der Waals surface area contributed by atoms with E-state index in [-0.39, 0.29) is 5.41 Å². The highest BCUT2D eigenvalue weighted by Crippen LogP contribution is 2.29. The van der Waals surface area contributed by atoms with Crippen molar-refractivity contribution in [1.82, 2.24) is 15.0 Å². The van der Waals surface area contributed by atoms with E-state index in [1.54, 1.807) is 17.5 Å². The fraction of sp³-hybridized carbons (Fsp3) is 0.364. The van der Waals surface area contributed by atoms with Crippen LogP contribution in [0.5, 0.6) is 0 Å². The average molecular weight is 313 g/mol. The Morgan fingerprint density at radius 3 is 2.71 bits per heavy atom. The number of halogens is 1. The highest BCUT2D eigenvalue weighted by molar-refractivity contribution is 9.10. The van der Waals surface area contributed by atoms with Crippen LogP contribution in [0.15, 0.2) is 22.4 Å². The molecule has 6 heteroatoms. The van der Waals surface area contributed by atoms with Gasteiger partial charge in [0.15, 0.2) is 5.13 Å². The van der Waals surface area contributed by atoms with E-state index in [4.69, 9.17) is 0 Å². The second-order valence-electron chi connectivity index (χ2n) is 4.63. The molecule has 0 aliphatic heterocycles. The third-order valence-electron chi connectivity index (χ3n) is 2.17. The van der Waals surface area contributed by atoms with Gasteiger partial charge in [0.25, 0.3) is 0 Å². The topological polar surface area (TPSA) is 50.7 Å². The fourth-order valence-corrected chi connectivity index (χ4v) is 2.44. The lowest BCUT2D eigenvalue weighted by Gasteiger charge is -2.14. The first-order valence-corrected chi connectivity index (χ1v) is 6.82. The molecule has 0 amide bonds. The van der Waals surface area contributed by atoms with E-state index < -0.39 is 0 Å². The van der Waals surface area contributed by atoms with Crippen molar-refractivity contribution in [2.45, 2.75) is 26.2 Å². The molecule has 0 radical (unpaired) electrons. The number of rotatable bonds is 2. The molecule has 0 saturated carbocycles. The number of anilines is 2. The van der Waals surface area contributed by atoms with Crippen molar-refractivity contribution in [1.29, 1.82) is 0 Å². The Morgan fingerprint density at radius 1 is 1.35 bits per heavy atom. The van der Waals surface area contributed by atoms with Crippen LogP contribution in [0.25, 0.3) is 0 Å². The van der Waals surface area contributed by atoms with Gasteiger partial charge < -0.3 is 5.32 Å². The summed E-state index contributed by atoms with van der Waals surface area (Å²) < 4.78 is 0.826. The number of aromatic nitrogens is 3. The normalized spacial score (nSPS) is 11.5. The van der Waals surface area contributed by atoms with Crippen LogP contribution < -0.4 is 5.32 Å². The Morgan fingerprint density at radius 2 is 2.12 bits per heavy atom. The molecule has 2 aromatic heterocycles. The van der Waals surface area contributed by atoms with Crippen molar-refractivity contribution >= 4 is 38.2 Å². The number of nitrogens with zero attached hydrogens (tertiary/aromatic N) is 3. The molecule has 2 rings (SSSR count). The predicted octanol–water partition coefficient (Wildman–Crippen LogP) is 3.74. The van der Waals surface area contributed by atoms with Crippen LogP contribution in [0.1, 0.15) is 26.5 Å². The summed E-state index contributed by atoms with van der Waals surface area (Å²) in [4.78, 5) is 12.6. The van der Waals surface area contributed by atoms with Gasteiger partial charge in [-0.3, -0.25) is 0 Å². The van der Waals surface area contributed by atoms with E-state index in [0.29, 0.717) is 0 Å². The minimum absolute atomic E-state index is 0.0688. The molecule has 2 aromatic rings. The van der Waals surface area contributed by atoms with Crippen LogP contribution in [0.2, 0.25) is 0 Å². The highest BCUT2D eigenvalue weighted by Gasteiger charge is 2.17. The molecule has 0 aliphatic rings. The van der Waals surface area contributed by atoms with Gasteiger partial charge in [-0.2, -0.15) is 0 Å². The van der Waals surface area contributed by atoms with Crippen LogP contribution in [0, 0.1) is 0 Å². The lowest BCUT2D eigenvalue weighted by molar-refractivity contribution is 0.573. The van der Waals surface area contributed by atoms with Gasteiger partial charge in [-0.25, -0.2) is 15.0 Å². The third-order valence-corrected chi connectivity index (χ3v) is 3.50. The Bertz CT molecular complexity index is 518. The molecule has 0 fully saturated rings. The molecular weight excluding hydrogens is 300 g/mol. The smallest absolute Gasteiger partial charge is 0.188 e. The molecule has 2 heterocycles. The summed E-state index contributed by atoms with van der Waals surface area (Å²) in [5.74, 6) is 0.731. The molecule has 0 bridgehead atoms. The quantitative estimate of drug-likeness (QED) is 0.917. The van der Waals surface area contributed by atoms with E-state index in [1.807, 2.05) is 0 Å². The van der Waals surface area contributed by atoms with Crippen LogP contribution in [-0.4, -0.2) is 15.0 Å². The number of hydrogen-bond donors (Lipinski definition) is 1. The average Bonchev–Trinajstić information content (AvgIpc) is 2.69. The Balaban J connectivity index is 2.21. The zero-order valence-electron chi connectivity index (χ0n) is 9.86. The van der Waals surface area contributed by atoms with E-state index in [9.17, 15) is 0 Å². The van der Waals surface area contributed by atoms with E-state index in [0.717, 1.165) is 21.1 Å². The van der Waals surface area contributed by atoms with E-state index in [1.165, 1.54) is 6.33 Å². The molecule has 0 atom stereocenters. The summed E-state index contributed by atoms with van der Waals surface area (Å²) in [6.07, 6.45) is 3.21. The Hall–Kier alpha value is -1.01. The minimum atomic E-state index is 0.0688. The number of thiazole rings is 1. The minimum Gasteiger partial charge on any atom is -0.315 e. The van der Waals surface area contributed by atoms with Gasteiger partial charge in [0, 0.05) is 17.0 Å². The van der Waals surface area contributed by atoms with Gasteiger partial charge in [-0.05, 0) is 15.9 Å². The summed E-state index contributed by atoms with van der Waals surface area (Å²) in [7, 11) is 0. The molecule has 1 N–H and O–H groups in total. The van der Waals surface area contributed by atoms with Crippen molar-refractivity contribution in [3.8, 4) is 0 Å². The first-order chi connectivity index (χ1) is 7.97. The lowest BCUT2D eigenvalue weighted by Crippen LogP contribution is -2.11. The molecule has 0 spiro atoms. The summed E-state index contributed by atoms with van der Waals surface area (Å²) in [6.45, 7) is 6.44. The summed E-state index contributed by atoms with van der Waals surface area (Å²) in [5.41, 5.74) is 1.15. The largest absolute Gasteiger partial charge is 0.315 e. The molecule has 0 aliphatic carbocycles. The fourth-order valence-electron chi connectivity index (χ4n) is 1.18. The van der Waals surface area contributed by atoms with Crippen molar-refractivity contribution < 1.29 is 0 Å². The van der Waals surface area contributed by atoms with Gasteiger partial charge in [0.1, 0.15) is 12.1 Å². The number of nitrogens with one attached hydrogen (secondary N) is 1. The van der Waals surface area contributed by atoms with Gasteiger partial charge in [0.05, 0.1) is 10.2 Å². The SMILES string of the molecule is CC(C)(C)c1csc(Nc2ncncc2Br)n1. The second kappa shape index (κ2) is 4.70. The van der Waals surface area contributed by atoms with Gasteiger partial charge in [0.2, 0.25) is 0 Å². The van der Waals surface area contributed by atoms with Gasteiger partial charge in [-0.15, -0.1) is 11.3 Å². The standard InChI is InChI=1S/C11H13BrN4S/c1-11(2,3)8-5-17-10(15-8)16-9-7(12)4-13-6-14-9/h4-6H,1-3H3,(H,13,14,15,16). The Kier molecular flexibility index (Phi) is 3.44. The zero-order valence-corrected chi connectivity index (χ0v) is 12.3. The maximum Gasteiger partial charge on any atom is 0.188 e. The van der Waals surface area contributed by atoms with Crippen LogP contribution in [0.3, 0.4) is 0 Å². The maximum atomic E-state index is 4.54. The maximum absolute atomic E-state index is 4.54. The second-order valence-corrected chi connectivity index (χ2v) is 6.34. The molecule has 0 aromatic carbocycles. The molecule has 90 valence electrons. The van der Waals surface area contributed by atoms with Crippen LogP contribution >= 0.6 is 27.3 Å². The van der Waals surface area contributed by atoms with Crippen molar-refractivity contribution in [2.75, 3.05) is 5.32 Å². The van der Waals surface area contributed by atoms with Crippen molar-refractivity contribution in [3.63, 3.8) is 0 Å². The van der Waals surface area contributed by atoms with Crippen LogP contribution in [0.4, 0.5) is 10.9 Å². The monoisotopic (exact) mass is 312 g/mol. The van der Waals surface area contributed by atoms with E-state index in [2.05, 4.69) is 62.3 Å². The van der Waals surface area contributed by atoms with E-state index >= 15 is 0 Å². The summed E-state index contributed by atoms with van der Waals surface area (Å²) in [6, 6.07) is 0. The summed E-state index contributed by atoms with van der Waals surface area (Å²) >= 11 is 4.97. The van der Waals surface area contributed by atoms with Crippen molar-refractivity contribution in [2.24, 2.45) is 0 Å². The van der Waals surface area contributed by atoms with Crippen LogP contribution in [-0.2, 0) is 5.41 Å². The number of hydrogen-bond acceptors (Lipinski definition) is 5. The summed E-state index contributed by atoms with van der Waals surface area (Å²) in [5, 5.41) is 6.08. The predicted molar refractivity (Wildman–Crippen MR) is 73.8 cm³/mol. The molecule has 4 nitrogen and oxygen atoms in total. The van der Waals surface area contributed by atoms with Crippen molar-refractivity contribution in [3.05, 3.63) is 28.1 Å². The lowest BCUT2D eigenvalue weighted by atomic mass is 9.93. The third kappa shape index (κ3) is 3.01. The Labute approximate surface area is 113 Å². The van der Waals surface area contributed by atoms with Gasteiger partial charge >= 0.3 is 0 Å². The zero-order chi connectivity index (χ0) is 12.5. The molecule has 0 saturated heterocycles. The first kappa shape index (κ1) is 12.4. The molecule has 0 unspecified atom stereocenters. The molecular formula is C11H13BrN4S. The first-order valence-electron chi connectivity index (χ1n) is 5.15.